The van der Waals surface area contributed by atoms with Crippen molar-refractivity contribution in [3.05, 3.63) is 33.4 Å². The average molecular weight is 331 g/mol. The Balaban J connectivity index is 4.27. The van der Waals surface area contributed by atoms with Crippen molar-refractivity contribution >= 4 is 0 Å². The molecule has 0 N–H and O–H groups in total. The summed E-state index contributed by atoms with van der Waals surface area (Å²) in [6.45, 7) is 28.6. The minimum absolute atomic E-state index is 0.183. The predicted molar refractivity (Wildman–Crippen MR) is 111 cm³/mol. The van der Waals surface area contributed by atoms with Gasteiger partial charge in [0.1, 0.15) is 0 Å². The van der Waals surface area contributed by atoms with E-state index in [0.29, 0.717) is 0 Å². The molecule has 0 aromatic heterocycles. The average Bonchev–Trinajstić information content (AvgIpc) is 2.40. The van der Waals surface area contributed by atoms with E-state index in [1.807, 2.05) is 0 Å². The van der Waals surface area contributed by atoms with E-state index in [0.717, 1.165) is 19.3 Å². The van der Waals surface area contributed by atoms with Gasteiger partial charge in [0.2, 0.25) is 0 Å². The second-order valence-electron chi connectivity index (χ2n) is 10.4. The molecule has 0 fully saturated rings. The number of benzene rings is 1. The third kappa shape index (κ3) is 3.89. The smallest absolute Gasteiger partial charge is 0.0126 e. The van der Waals surface area contributed by atoms with Crippen molar-refractivity contribution in [1.29, 1.82) is 0 Å². The zero-order valence-electron chi connectivity index (χ0n) is 18.6. The highest BCUT2D eigenvalue weighted by atomic mass is 14.4. The second kappa shape index (κ2) is 6.85. The van der Waals surface area contributed by atoms with Crippen LogP contribution < -0.4 is 0 Å². The summed E-state index contributed by atoms with van der Waals surface area (Å²) in [6, 6.07) is 0. The maximum absolute atomic E-state index is 2.39. The normalized spacial score (nSPS) is 13.5. The summed E-state index contributed by atoms with van der Waals surface area (Å²) >= 11 is 0. The van der Waals surface area contributed by atoms with Gasteiger partial charge in [-0.1, -0.05) is 83.1 Å². The Kier molecular flexibility index (Phi) is 6.07. The van der Waals surface area contributed by atoms with E-state index in [4.69, 9.17) is 0 Å². The van der Waals surface area contributed by atoms with Gasteiger partial charge in [0.25, 0.3) is 0 Å². The predicted octanol–water partition coefficient (Wildman–Crippen LogP) is 7.27. The minimum Gasteiger partial charge on any atom is -0.0613 e. The molecule has 0 saturated heterocycles. The van der Waals surface area contributed by atoms with Gasteiger partial charge < -0.3 is 0 Å². The van der Waals surface area contributed by atoms with E-state index in [9.17, 15) is 0 Å². The summed E-state index contributed by atoms with van der Waals surface area (Å²) in [4.78, 5) is 0. The highest BCUT2D eigenvalue weighted by molar-refractivity contribution is 5.58. The molecular weight excluding hydrogens is 288 g/mol. The molecule has 0 saturated carbocycles. The molecule has 0 heterocycles. The topological polar surface area (TPSA) is 0 Å². The zero-order chi connectivity index (χ0) is 19.1. The van der Waals surface area contributed by atoms with Crippen LogP contribution in [0.3, 0.4) is 0 Å². The fourth-order valence-electron chi connectivity index (χ4n) is 4.70. The zero-order valence-corrected chi connectivity index (χ0v) is 18.6. The van der Waals surface area contributed by atoms with E-state index in [1.54, 1.807) is 33.4 Å². The first kappa shape index (κ1) is 21.3. The lowest BCUT2D eigenvalue weighted by Gasteiger charge is -2.39. The largest absolute Gasteiger partial charge is 0.0613 e. The van der Waals surface area contributed by atoms with E-state index in [1.165, 1.54) is 0 Å². The first-order valence-corrected chi connectivity index (χ1v) is 9.93. The SMILES string of the molecule is CCc1c(C(C)(C)C)c(CC)c(C(C)(C)C)c(CC)c1C(C)(C)C. The van der Waals surface area contributed by atoms with Crippen LogP contribution in [-0.4, -0.2) is 0 Å². The summed E-state index contributed by atoms with van der Waals surface area (Å²) in [5.41, 5.74) is 10.3. The molecule has 0 bridgehead atoms. The van der Waals surface area contributed by atoms with Gasteiger partial charge in [-0.15, -0.1) is 0 Å². The molecule has 0 spiro atoms. The summed E-state index contributed by atoms with van der Waals surface area (Å²) in [7, 11) is 0. The van der Waals surface area contributed by atoms with Gasteiger partial charge in [-0.05, 0) is 68.9 Å². The Morgan fingerprint density at radius 3 is 0.667 bits per heavy atom. The van der Waals surface area contributed by atoms with Crippen molar-refractivity contribution in [3.63, 3.8) is 0 Å². The fourth-order valence-corrected chi connectivity index (χ4v) is 4.70. The van der Waals surface area contributed by atoms with Crippen molar-refractivity contribution in [2.75, 3.05) is 0 Å². The van der Waals surface area contributed by atoms with Crippen LogP contribution >= 0.6 is 0 Å². The molecule has 138 valence electrons. The van der Waals surface area contributed by atoms with Crippen LogP contribution in [0, 0.1) is 0 Å². The Bertz CT molecular complexity index is 474. The molecule has 0 nitrogen and oxygen atoms in total. The van der Waals surface area contributed by atoms with Crippen LogP contribution in [0.5, 0.6) is 0 Å². The molecule has 0 radical (unpaired) electrons. The van der Waals surface area contributed by atoms with E-state index >= 15 is 0 Å². The van der Waals surface area contributed by atoms with Gasteiger partial charge in [0.05, 0.1) is 0 Å². The highest BCUT2D eigenvalue weighted by Gasteiger charge is 2.34. The van der Waals surface area contributed by atoms with Crippen molar-refractivity contribution in [3.8, 4) is 0 Å². The minimum atomic E-state index is 0.183. The summed E-state index contributed by atoms with van der Waals surface area (Å²) in [6.07, 6.45) is 3.39. The summed E-state index contributed by atoms with van der Waals surface area (Å²) < 4.78 is 0. The van der Waals surface area contributed by atoms with Crippen molar-refractivity contribution < 1.29 is 0 Å². The third-order valence-corrected chi connectivity index (χ3v) is 5.12. The lowest BCUT2D eigenvalue weighted by molar-refractivity contribution is 0.521. The Hall–Kier alpha value is -0.780. The van der Waals surface area contributed by atoms with Crippen LogP contribution in [-0.2, 0) is 35.5 Å². The first-order chi connectivity index (χ1) is 10.7. The van der Waals surface area contributed by atoms with E-state index in [-0.39, 0.29) is 16.2 Å². The van der Waals surface area contributed by atoms with Crippen molar-refractivity contribution in [2.24, 2.45) is 0 Å². The van der Waals surface area contributed by atoms with Gasteiger partial charge in [-0.3, -0.25) is 0 Å². The Labute approximate surface area is 152 Å². The molecule has 0 amide bonds. The molecule has 0 atom stereocenters. The van der Waals surface area contributed by atoms with Crippen LogP contribution in [0.1, 0.15) is 116 Å². The maximum atomic E-state index is 2.39. The Morgan fingerprint density at radius 1 is 0.417 bits per heavy atom. The van der Waals surface area contributed by atoms with Crippen molar-refractivity contribution in [1.82, 2.24) is 0 Å². The van der Waals surface area contributed by atoms with Gasteiger partial charge in [-0.2, -0.15) is 0 Å². The molecule has 0 aliphatic rings. The quantitative estimate of drug-likeness (QED) is 0.547. The molecule has 0 aliphatic carbocycles. The van der Waals surface area contributed by atoms with Crippen LogP contribution in [0.4, 0.5) is 0 Å². The van der Waals surface area contributed by atoms with E-state index < -0.39 is 0 Å². The monoisotopic (exact) mass is 330 g/mol. The standard InChI is InChI=1S/C24H42/c1-13-16-19(22(4,5)6)17(14-2)21(24(10,11)12)18(15-3)20(16)23(7,8)9/h13-15H2,1-12H3. The van der Waals surface area contributed by atoms with Crippen LogP contribution in [0.2, 0.25) is 0 Å². The second-order valence-corrected chi connectivity index (χ2v) is 10.4. The van der Waals surface area contributed by atoms with Crippen LogP contribution in [0.25, 0.3) is 0 Å². The summed E-state index contributed by atoms with van der Waals surface area (Å²) in [5, 5.41) is 0. The van der Waals surface area contributed by atoms with Gasteiger partial charge in [-0.25, -0.2) is 0 Å². The molecule has 0 unspecified atom stereocenters. The number of hydrogen-bond donors (Lipinski definition) is 0. The molecule has 0 heteroatoms. The van der Waals surface area contributed by atoms with Gasteiger partial charge >= 0.3 is 0 Å². The summed E-state index contributed by atoms with van der Waals surface area (Å²) in [5.74, 6) is 0. The molecule has 24 heavy (non-hydrogen) atoms. The molecule has 1 aromatic rings. The van der Waals surface area contributed by atoms with Crippen LogP contribution in [0.15, 0.2) is 0 Å². The molecule has 1 aromatic carbocycles. The molecule has 0 aliphatic heterocycles. The lowest BCUT2D eigenvalue weighted by Crippen LogP contribution is -2.30. The molecule has 1 rings (SSSR count). The van der Waals surface area contributed by atoms with Gasteiger partial charge in [0, 0.05) is 0 Å². The lowest BCUT2D eigenvalue weighted by atomic mass is 9.65. The maximum Gasteiger partial charge on any atom is -0.0126 e. The van der Waals surface area contributed by atoms with Crippen molar-refractivity contribution in [2.45, 2.75) is 119 Å². The van der Waals surface area contributed by atoms with Gasteiger partial charge in [0.15, 0.2) is 0 Å². The number of hydrogen-bond acceptors (Lipinski definition) is 0. The fraction of sp³-hybridized carbons (Fsp3) is 0.750. The third-order valence-electron chi connectivity index (χ3n) is 5.12. The number of rotatable bonds is 3. The highest BCUT2D eigenvalue weighted by Crippen LogP contribution is 2.45. The first-order valence-electron chi connectivity index (χ1n) is 9.93. The molecular formula is C24H42. The van der Waals surface area contributed by atoms with E-state index in [2.05, 4.69) is 83.1 Å². The Morgan fingerprint density at radius 2 is 0.583 bits per heavy atom.